The van der Waals surface area contributed by atoms with Gasteiger partial charge in [0.05, 0.1) is 0 Å². The molecule has 0 fully saturated rings. The number of aryl methyl sites for hydroxylation is 2. The van der Waals surface area contributed by atoms with Gasteiger partial charge in [-0.3, -0.25) is 0 Å². The summed E-state index contributed by atoms with van der Waals surface area (Å²) in [6.45, 7) is 2.31. The van der Waals surface area contributed by atoms with Gasteiger partial charge in [0.2, 0.25) is 0 Å². The van der Waals surface area contributed by atoms with Gasteiger partial charge in [-0.2, -0.15) is 0 Å². The van der Waals surface area contributed by atoms with Crippen molar-refractivity contribution in [2.75, 3.05) is 0 Å². The fourth-order valence-corrected chi connectivity index (χ4v) is 4.02. The van der Waals surface area contributed by atoms with E-state index in [-0.39, 0.29) is 36.1 Å². The predicted molar refractivity (Wildman–Crippen MR) is 110 cm³/mol. The van der Waals surface area contributed by atoms with E-state index in [1.54, 1.807) is 19.1 Å². The molecule has 1 aromatic heterocycles. The fraction of sp³-hybridized carbons (Fsp3) is 0.286. The van der Waals surface area contributed by atoms with Gasteiger partial charge < -0.3 is 14.8 Å². The summed E-state index contributed by atoms with van der Waals surface area (Å²) in [7, 11) is 0. The summed E-state index contributed by atoms with van der Waals surface area (Å²) < 4.78 is 19.4. The lowest BCUT2D eigenvalue weighted by Gasteiger charge is -2.14. The molecule has 28 heavy (non-hydrogen) atoms. The van der Waals surface area contributed by atoms with Crippen LogP contribution in [0.3, 0.4) is 0 Å². The van der Waals surface area contributed by atoms with Crippen LogP contribution in [0.4, 0.5) is 4.39 Å². The molecule has 1 aliphatic rings. The number of hydrogen-bond acceptors (Lipinski definition) is 4. The Morgan fingerprint density at radius 1 is 1.25 bits per heavy atom. The standard InChI is InChI=1S/C21H19ClFNO3.ClH/c1-11-19(25)12(9-24-10-16-17(22)6-3-7-18(16)23)8-15-13-4-2-5-14(13)21(26)27-20(11)15;/h3,6-8,24-25H,2,4-5,9-10H2,1H3;1H. The lowest BCUT2D eigenvalue weighted by atomic mass is 10.00. The molecular weight excluding hydrogens is 404 g/mol. The number of nitrogens with one attached hydrogen (secondary N) is 1. The van der Waals surface area contributed by atoms with Crippen molar-refractivity contribution in [3.63, 3.8) is 0 Å². The zero-order chi connectivity index (χ0) is 19.1. The van der Waals surface area contributed by atoms with Gasteiger partial charge in [-0.15, -0.1) is 12.4 Å². The molecule has 0 spiro atoms. The van der Waals surface area contributed by atoms with Gasteiger partial charge >= 0.3 is 5.63 Å². The average molecular weight is 424 g/mol. The average Bonchev–Trinajstić information content (AvgIpc) is 3.13. The molecular formula is C21H20Cl2FNO3. The van der Waals surface area contributed by atoms with Crippen LogP contribution in [0.5, 0.6) is 5.75 Å². The molecule has 0 unspecified atom stereocenters. The van der Waals surface area contributed by atoms with Gasteiger partial charge in [0.15, 0.2) is 0 Å². The summed E-state index contributed by atoms with van der Waals surface area (Å²) >= 11 is 6.05. The van der Waals surface area contributed by atoms with E-state index < -0.39 is 0 Å². The van der Waals surface area contributed by atoms with Gasteiger partial charge in [0.1, 0.15) is 17.1 Å². The highest BCUT2D eigenvalue weighted by molar-refractivity contribution is 6.31. The summed E-state index contributed by atoms with van der Waals surface area (Å²) in [5.41, 5.74) is 3.50. The first-order valence-corrected chi connectivity index (χ1v) is 9.28. The molecule has 1 aliphatic carbocycles. The number of aromatic hydroxyl groups is 1. The minimum atomic E-state index is -0.367. The molecule has 4 nitrogen and oxygen atoms in total. The quantitative estimate of drug-likeness (QED) is 0.591. The summed E-state index contributed by atoms with van der Waals surface area (Å²) in [6, 6.07) is 6.44. The molecule has 4 rings (SSSR count). The molecule has 148 valence electrons. The van der Waals surface area contributed by atoms with E-state index >= 15 is 0 Å². The molecule has 0 saturated heterocycles. The van der Waals surface area contributed by atoms with E-state index in [2.05, 4.69) is 5.32 Å². The predicted octanol–water partition coefficient (Wildman–Crippen LogP) is 4.80. The van der Waals surface area contributed by atoms with Crippen LogP contribution < -0.4 is 10.9 Å². The Labute approximate surface area is 172 Å². The lowest BCUT2D eigenvalue weighted by molar-refractivity contribution is 0.457. The molecule has 3 aromatic rings. The van der Waals surface area contributed by atoms with Crippen LogP contribution in [0.2, 0.25) is 5.02 Å². The number of rotatable bonds is 4. The number of fused-ring (bicyclic) bond motifs is 3. The summed E-state index contributed by atoms with van der Waals surface area (Å²) in [5, 5.41) is 14.9. The normalized spacial score (nSPS) is 12.8. The van der Waals surface area contributed by atoms with Gasteiger partial charge in [-0.1, -0.05) is 17.7 Å². The molecule has 0 saturated carbocycles. The van der Waals surface area contributed by atoms with Gasteiger partial charge in [0, 0.05) is 45.8 Å². The molecule has 7 heteroatoms. The minimum Gasteiger partial charge on any atom is -0.507 e. The molecule has 0 bridgehead atoms. The van der Waals surface area contributed by atoms with Crippen molar-refractivity contribution in [2.24, 2.45) is 0 Å². The van der Waals surface area contributed by atoms with Crippen LogP contribution in [0.1, 0.15) is 34.2 Å². The molecule has 2 N–H and O–H groups in total. The summed E-state index contributed by atoms with van der Waals surface area (Å²) in [6.07, 6.45) is 2.49. The van der Waals surface area contributed by atoms with Crippen molar-refractivity contribution < 1.29 is 13.9 Å². The van der Waals surface area contributed by atoms with Crippen molar-refractivity contribution in [3.8, 4) is 5.75 Å². The van der Waals surface area contributed by atoms with Crippen LogP contribution in [0.25, 0.3) is 11.0 Å². The maximum atomic E-state index is 13.9. The largest absolute Gasteiger partial charge is 0.507 e. The van der Waals surface area contributed by atoms with E-state index in [0.29, 0.717) is 33.8 Å². The van der Waals surface area contributed by atoms with Crippen molar-refractivity contribution >= 4 is 35.0 Å². The Morgan fingerprint density at radius 3 is 2.75 bits per heavy atom. The van der Waals surface area contributed by atoms with E-state index in [1.807, 2.05) is 6.07 Å². The van der Waals surface area contributed by atoms with Crippen molar-refractivity contribution in [2.45, 2.75) is 39.3 Å². The summed E-state index contributed by atoms with van der Waals surface area (Å²) in [4.78, 5) is 12.2. The highest BCUT2D eigenvalue weighted by Crippen LogP contribution is 2.35. The number of phenolic OH excluding ortho intramolecular Hbond substituents is 1. The second-order valence-corrected chi connectivity index (χ2v) is 7.30. The Kier molecular flexibility index (Phi) is 5.98. The Hall–Kier alpha value is -2.08. The monoisotopic (exact) mass is 423 g/mol. The van der Waals surface area contributed by atoms with Gasteiger partial charge in [-0.05, 0) is 49.9 Å². The maximum absolute atomic E-state index is 13.9. The first kappa shape index (κ1) is 20.6. The van der Waals surface area contributed by atoms with Crippen molar-refractivity contribution in [1.82, 2.24) is 5.32 Å². The van der Waals surface area contributed by atoms with Crippen LogP contribution >= 0.6 is 24.0 Å². The minimum absolute atomic E-state index is 0. The fourth-order valence-electron chi connectivity index (χ4n) is 3.79. The third-order valence-corrected chi connectivity index (χ3v) is 5.58. The van der Waals surface area contributed by atoms with Crippen LogP contribution in [0, 0.1) is 12.7 Å². The highest BCUT2D eigenvalue weighted by atomic mass is 35.5. The lowest BCUT2D eigenvalue weighted by Crippen LogP contribution is -2.15. The van der Waals surface area contributed by atoms with E-state index in [4.69, 9.17) is 16.0 Å². The van der Waals surface area contributed by atoms with Crippen molar-refractivity contribution in [1.29, 1.82) is 0 Å². The smallest absolute Gasteiger partial charge is 0.339 e. The Balaban J connectivity index is 0.00000225. The second-order valence-electron chi connectivity index (χ2n) is 6.89. The molecule has 2 aromatic carbocycles. The Morgan fingerprint density at radius 2 is 2.00 bits per heavy atom. The third kappa shape index (κ3) is 3.50. The Bertz CT molecular complexity index is 1090. The van der Waals surface area contributed by atoms with Gasteiger partial charge in [0.25, 0.3) is 0 Å². The zero-order valence-corrected chi connectivity index (χ0v) is 16.8. The summed E-state index contributed by atoms with van der Waals surface area (Å²) in [5.74, 6) is -0.288. The molecule has 0 radical (unpaired) electrons. The molecule has 0 amide bonds. The SMILES string of the molecule is Cc1c(O)c(CNCc2c(F)cccc2Cl)cc2c3c(c(=O)oc12)CCC3.Cl. The molecule has 0 atom stereocenters. The van der Waals surface area contributed by atoms with Gasteiger partial charge in [-0.25, -0.2) is 9.18 Å². The number of phenols is 1. The van der Waals surface area contributed by atoms with Crippen LogP contribution in [-0.4, -0.2) is 5.11 Å². The van der Waals surface area contributed by atoms with Crippen LogP contribution in [0.15, 0.2) is 33.5 Å². The maximum Gasteiger partial charge on any atom is 0.339 e. The highest BCUT2D eigenvalue weighted by Gasteiger charge is 2.22. The van der Waals surface area contributed by atoms with Crippen LogP contribution in [-0.2, 0) is 25.9 Å². The number of benzene rings is 2. The number of hydrogen-bond donors (Lipinski definition) is 2. The molecule has 0 aliphatic heterocycles. The van der Waals surface area contributed by atoms with E-state index in [1.165, 1.54) is 6.07 Å². The number of halogens is 3. The molecule has 1 heterocycles. The topological polar surface area (TPSA) is 62.5 Å². The van der Waals surface area contributed by atoms with E-state index in [9.17, 15) is 14.3 Å². The van der Waals surface area contributed by atoms with E-state index in [0.717, 1.165) is 35.8 Å². The third-order valence-electron chi connectivity index (χ3n) is 5.23. The zero-order valence-electron chi connectivity index (χ0n) is 15.3. The first-order valence-electron chi connectivity index (χ1n) is 8.91. The second kappa shape index (κ2) is 8.11. The first-order chi connectivity index (χ1) is 13.0. The van der Waals surface area contributed by atoms with Crippen molar-refractivity contribution in [3.05, 3.63) is 73.3 Å².